The fraction of sp³-hybridized carbons (Fsp3) is 0.321. The number of aromatic nitrogens is 4. The van der Waals surface area contributed by atoms with Crippen molar-refractivity contribution in [2.24, 2.45) is 0 Å². The van der Waals surface area contributed by atoms with Gasteiger partial charge >= 0.3 is 0 Å². The van der Waals surface area contributed by atoms with E-state index in [2.05, 4.69) is 48.4 Å². The molecule has 0 atom stereocenters. The summed E-state index contributed by atoms with van der Waals surface area (Å²) < 4.78 is 1.93. The van der Waals surface area contributed by atoms with Crippen LogP contribution in [0.15, 0.2) is 54.7 Å². The Morgan fingerprint density at radius 3 is 2.59 bits per heavy atom. The van der Waals surface area contributed by atoms with Gasteiger partial charge in [-0.05, 0) is 68.4 Å². The predicted octanol–water partition coefficient (Wildman–Crippen LogP) is 5.32. The van der Waals surface area contributed by atoms with Crippen molar-refractivity contribution in [2.75, 3.05) is 13.1 Å². The molecule has 1 aliphatic rings. The Morgan fingerprint density at radius 1 is 1.03 bits per heavy atom. The van der Waals surface area contributed by atoms with Crippen LogP contribution in [0.25, 0.3) is 27.5 Å². The van der Waals surface area contributed by atoms with Crippen LogP contribution in [0.4, 0.5) is 0 Å². The third kappa shape index (κ3) is 3.45. The van der Waals surface area contributed by atoms with Gasteiger partial charge in [0.15, 0.2) is 5.65 Å². The summed E-state index contributed by atoms with van der Waals surface area (Å²) in [4.78, 5) is 23.4. The van der Waals surface area contributed by atoms with Gasteiger partial charge in [0, 0.05) is 53.4 Å². The molecule has 0 unspecified atom stereocenters. The number of carbonyl (C=O) groups excluding carboxylic acids is 1. The van der Waals surface area contributed by atoms with Crippen molar-refractivity contribution in [3.8, 4) is 0 Å². The van der Waals surface area contributed by atoms with Gasteiger partial charge in [0.1, 0.15) is 0 Å². The number of aryl methyl sites for hydroxylation is 2. The molecule has 0 aliphatic carbocycles. The molecule has 2 aromatic carbocycles. The van der Waals surface area contributed by atoms with Gasteiger partial charge in [-0.15, -0.1) is 0 Å². The van der Waals surface area contributed by atoms with Crippen molar-refractivity contribution >= 4 is 33.4 Å². The number of nitrogens with one attached hydrogen (secondary N) is 1. The second-order valence-electron chi connectivity index (χ2n) is 9.46. The standard InChI is InChI=1S/C28H29N5O/c1-18-21(19(2)33-28(30-18)23-8-4-6-10-26(23)31-33)11-12-27(34)32-15-13-20(14-16-32)24-17-29-25-9-5-3-7-22(24)25/h3-10,17,20,29H,11-16H2,1-2H3. The topological polar surface area (TPSA) is 66.3 Å². The number of hydrogen-bond donors (Lipinski definition) is 1. The monoisotopic (exact) mass is 451 g/mol. The van der Waals surface area contributed by atoms with E-state index in [0.29, 0.717) is 18.8 Å². The van der Waals surface area contributed by atoms with Crippen molar-refractivity contribution in [3.63, 3.8) is 0 Å². The highest BCUT2D eigenvalue weighted by Crippen LogP contribution is 2.33. The van der Waals surface area contributed by atoms with Gasteiger partial charge in [-0.1, -0.05) is 30.3 Å². The highest BCUT2D eigenvalue weighted by molar-refractivity contribution is 5.92. The van der Waals surface area contributed by atoms with Crippen LogP contribution in [0.5, 0.6) is 0 Å². The van der Waals surface area contributed by atoms with Crippen LogP contribution in [0.1, 0.15) is 47.7 Å². The van der Waals surface area contributed by atoms with E-state index in [-0.39, 0.29) is 5.91 Å². The number of para-hydroxylation sites is 1. The maximum atomic E-state index is 13.1. The number of H-pyrrole nitrogens is 1. The van der Waals surface area contributed by atoms with Crippen molar-refractivity contribution in [2.45, 2.75) is 45.4 Å². The number of rotatable bonds is 4. The first-order chi connectivity index (χ1) is 16.6. The van der Waals surface area contributed by atoms with Crippen molar-refractivity contribution in [1.82, 2.24) is 24.5 Å². The summed E-state index contributed by atoms with van der Waals surface area (Å²) in [7, 11) is 0. The van der Waals surface area contributed by atoms with Gasteiger partial charge in [-0.25, -0.2) is 9.50 Å². The van der Waals surface area contributed by atoms with Gasteiger partial charge in [0.2, 0.25) is 5.91 Å². The Bertz CT molecular complexity index is 1520. The molecule has 0 bridgehead atoms. The molecule has 3 aromatic heterocycles. The SMILES string of the molecule is Cc1nc2c3ccccc3nn2c(C)c1CCC(=O)N1CCC(c2c[nH]c3ccccc23)CC1. The lowest BCUT2D eigenvalue weighted by atomic mass is 9.89. The lowest BCUT2D eigenvalue weighted by Crippen LogP contribution is -2.38. The highest BCUT2D eigenvalue weighted by Gasteiger charge is 2.25. The largest absolute Gasteiger partial charge is 0.361 e. The lowest BCUT2D eigenvalue weighted by molar-refractivity contribution is -0.132. The van der Waals surface area contributed by atoms with E-state index in [9.17, 15) is 4.79 Å². The van der Waals surface area contributed by atoms with Gasteiger partial charge in [0.05, 0.1) is 5.52 Å². The summed E-state index contributed by atoms with van der Waals surface area (Å²) in [6.45, 7) is 5.77. The summed E-state index contributed by atoms with van der Waals surface area (Å²) in [6, 6.07) is 16.6. The molecule has 4 heterocycles. The Morgan fingerprint density at radius 2 is 1.76 bits per heavy atom. The second-order valence-corrected chi connectivity index (χ2v) is 9.46. The molecule has 0 spiro atoms. The number of piperidine rings is 1. The number of likely N-dealkylation sites (tertiary alicyclic amines) is 1. The van der Waals surface area contributed by atoms with E-state index < -0.39 is 0 Å². The maximum Gasteiger partial charge on any atom is 0.222 e. The predicted molar refractivity (Wildman–Crippen MR) is 135 cm³/mol. The minimum absolute atomic E-state index is 0.238. The third-order valence-electron chi connectivity index (χ3n) is 7.52. The van der Waals surface area contributed by atoms with Crippen LogP contribution in [-0.2, 0) is 11.2 Å². The molecule has 0 radical (unpaired) electrons. The number of nitrogens with zero attached hydrogens (tertiary/aromatic N) is 4. The molecule has 1 amide bonds. The van der Waals surface area contributed by atoms with Gasteiger partial charge in [-0.3, -0.25) is 4.79 Å². The summed E-state index contributed by atoms with van der Waals surface area (Å²) in [6.07, 6.45) is 5.38. The minimum atomic E-state index is 0.238. The van der Waals surface area contributed by atoms with Crippen LogP contribution in [0.2, 0.25) is 0 Å². The van der Waals surface area contributed by atoms with Crippen molar-refractivity contribution in [1.29, 1.82) is 0 Å². The normalized spacial score (nSPS) is 15.1. The van der Waals surface area contributed by atoms with Gasteiger partial charge < -0.3 is 9.88 Å². The smallest absolute Gasteiger partial charge is 0.222 e. The molecule has 172 valence electrons. The van der Waals surface area contributed by atoms with E-state index in [4.69, 9.17) is 10.1 Å². The Kier molecular flexibility index (Phi) is 5.09. The number of fused-ring (bicyclic) bond motifs is 4. The lowest BCUT2D eigenvalue weighted by Gasteiger charge is -2.32. The summed E-state index contributed by atoms with van der Waals surface area (Å²) in [5.74, 6) is 0.743. The molecule has 1 N–H and O–H groups in total. The zero-order valence-electron chi connectivity index (χ0n) is 19.7. The molecule has 6 nitrogen and oxygen atoms in total. The van der Waals surface area contributed by atoms with Crippen LogP contribution in [-0.4, -0.2) is 43.5 Å². The highest BCUT2D eigenvalue weighted by atomic mass is 16.2. The fourth-order valence-electron chi connectivity index (χ4n) is 5.60. The van der Waals surface area contributed by atoms with Crippen LogP contribution < -0.4 is 0 Å². The van der Waals surface area contributed by atoms with Crippen molar-refractivity contribution in [3.05, 3.63) is 77.2 Å². The number of carbonyl (C=O) groups is 1. The first kappa shape index (κ1) is 20.9. The molecule has 0 saturated carbocycles. The first-order valence-electron chi connectivity index (χ1n) is 12.2. The van der Waals surface area contributed by atoms with E-state index in [1.165, 1.54) is 16.5 Å². The molecule has 6 heteroatoms. The average Bonchev–Trinajstić information content (AvgIpc) is 3.46. The summed E-state index contributed by atoms with van der Waals surface area (Å²) >= 11 is 0. The molecule has 1 aliphatic heterocycles. The molecule has 6 rings (SSSR count). The zero-order valence-corrected chi connectivity index (χ0v) is 19.7. The molecular weight excluding hydrogens is 422 g/mol. The number of benzene rings is 2. The van der Waals surface area contributed by atoms with E-state index in [1.54, 1.807) is 0 Å². The first-order valence-corrected chi connectivity index (χ1v) is 12.2. The summed E-state index contributed by atoms with van der Waals surface area (Å²) in [5.41, 5.74) is 7.61. The Labute approximate surface area is 198 Å². The maximum absolute atomic E-state index is 13.1. The van der Waals surface area contributed by atoms with Gasteiger partial charge in [0.25, 0.3) is 0 Å². The van der Waals surface area contributed by atoms with E-state index in [1.807, 2.05) is 34.5 Å². The molecular formula is C28H29N5O. The van der Waals surface area contributed by atoms with Crippen LogP contribution in [0.3, 0.4) is 0 Å². The zero-order chi connectivity index (χ0) is 23.2. The molecule has 34 heavy (non-hydrogen) atoms. The van der Waals surface area contributed by atoms with E-state index >= 15 is 0 Å². The molecule has 5 aromatic rings. The molecule has 1 fully saturated rings. The third-order valence-corrected chi connectivity index (χ3v) is 7.52. The average molecular weight is 452 g/mol. The number of hydrogen-bond acceptors (Lipinski definition) is 3. The quantitative estimate of drug-likeness (QED) is 0.402. The minimum Gasteiger partial charge on any atom is -0.361 e. The Hall–Kier alpha value is -3.67. The fourth-order valence-corrected chi connectivity index (χ4v) is 5.60. The second kappa shape index (κ2) is 8.28. The Balaban J connectivity index is 1.14. The molecule has 1 saturated heterocycles. The number of amides is 1. The van der Waals surface area contributed by atoms with Gasteiger partial charge in [-0.2, -0.15) is 5.10 Å². The number of aromatic amines is 1. The van der Waals surface area contributed by atoms with E-state index in [0.717, 1.165) is 59.4 Å². The van der Waals surface area contributed by atoms with Crippen LogP contribution in [0, 0.1) is 13.8 Å². The van der Waals surface area contributed by atoms with Crippen LogP contribution >= 0.6 is 0 Å². The van der Waals surface area contributed by atoms with Crippen molar-refractivity contribution < 1.29 is 4.79 Å². The summed E-state index contributed by atoms with van der Waals surface area (Å²) in [5, 5.41) is 7.12.